The number of hydrogen-bond acceptors (Lipinski definition) is 2. The van der Waals surface area contributed by atoms with Crippen LogP contribution in [-0.2, 0) is 12.8 Å². The molecule has 94 valence electrons. The van der Waals surface area contributed by atoms with Crippen molar-refractivity contribution in [2.75, 3.05) is 6.61 Å². The SMILES string of the molecule is CCC(N)CCCOc1ccc2c(c1)CCC2. The van der Waals surface area contributed by atoms with E-state index in [1.165, 1.54) is 30.4 Å². The highest BCUT2D eigenvalue weighted by atomic mass is 16.5. The first kappa shape index (κ1) is 12.4. The molecule has 2 heteroatoms. The quantitative estimate of drug-likeness (QED) is 0.766. The van der Waals surface area contributed by atoms with Crippen LogP contribution in [0.4, 0.5) is 0 Å². The predicted molar refractivity (Wildman–Crippen MR) is 71.5 cm³/mol. The number of benzene rings is 1. The average molecular weight is 233 g/mol. The van der Waals surface area contributed by atoms with Crippen LogP contribution < -0.4 is 10.5 Å². The van der Waals surface area contributed by atoms with Crippen LogP contribution in [-0.4, -0.2) is 12.6 Å². The molecular formula is C15H23NO. The molecule has 1 aliphatic carbocycles. The standard InChI is InChI=1S/C15H23NO/c1-2-14(16)7-4-10-17-15-9-8-12-5-3-6-13(12)11-15/h8-9,11,14H,2-7,10,16H2,1H3. The van der Waals surface area contributed by atoms with E-state index in [0.717, 1.165) is 31.6 Å². The van der Waals surface area contributed by atoms with E-state index in [0.29, 0.717) is 6.04 Å². The van der Waals surface area contributed by atoms with Crippen molar-refractivity contribution in [2.24, 2.45) is 5.73 Å². The van der Waals surface area contributed by atoms with Gasteiger partial charge < -0.3 is 10.5 Å². The third-order valence-electron chi connectivity index (χ3n) is 3.58. The predicted octanol–water partition coefficient (Wildman–Crippen LogP) is 3.07. The highest BCUT2D eigenvalue weighted by molar-refractivity contribution is 5.38. The van der Waals surface area contributed by atoms with Crippen LogP contribution in [0.1, 0.15) is 43.7 Å². The molecule has 0 amide bonds. The van der Waals surface area contributed by atoms with Crippen molar-refractivity contribution in [2.45, 2.75) is 51.5 Å². The first-order chi connectivity index (χ1) is 8.29. The molecule has 2 rings (SSSR count). The summed E-state index contributed by atoms with van der Waals surface area (Å²) >= 11 is 0. The first-order valence-electron chi connectivity index (χ1n) is 6.79. The van der Waals surface area contributed by atoms with Gasteiger partial charge in [0.25, 0.3) is 0 Å². The van der Waals surface area contributed by atoms with Crippen molar-refractivity contribution in [1.29, 1.82) is 0 Å². The van der Waals surface area contributed by atoms with Gasteiger partial charge >= 0.3 is 0 Å². The Labute approximate surface area is 104 Å². The average Bonchev–Trinajstić information content (AvgIpc) is 2.81. The second-order valence-electron chi connectivity index (χ2n) is 4.94. The topological polar surface area (TPSA) is 35.2 Å². The Kier molecular flexibility index (Phi) is 4.43. The number of hydrogen-bond donors (Lipinski definition) is 1. The summed E-state index contributed by atoms with van der Waals surface area (Å²) < 4.78 is 5.77. The molecule has 0 saturated carbocycles. The molecule has 0 bridgehead atoms. The Bertz CT molecular complexity index is 362. The number of nitrogens with two attached hydrogens (primary N) is 1. The summed E-state index contributed by atoms with van der Waals surface area (Å²) in [4.78, 5) is 0. The molecule has 2 N–H and O–H groups in total. The number of fused-ring (bicyclic) bond motifs is 1. The van der Waals surface area contributed by atoms with Gasteiger partial charge in [0.15, 0.2) is 0 Å². The monoisotopic (exact) mass is 233 g/mol. The Morgan fingerprint density at radius 2 is 2.12 bits per heavy atom. The molecule has 2 nitrogen and oxygen atoms in total. The smallest absolute Gasteiger partial charge is 0.119 e. The van der Waals surface area contributed by atoms with Gasteiger partial charge in [-0.2, -0.15) is 0 Å². The molecule has 0 heterocycles. The van der Waals surface area contributed by atoms with Crippen LogP contribution in [0.5, 0.6) is 5.75 Å². The van der Waals surface area contributed by atoms with Crippen LogP contribution >= 0.6 is 0 Å². The van der Waals surface area contributed by atoms with Gasteiger partial charge in [-0.15, -0.1) is 0 Å². The van der Waals surface area contributed by atoms with Crippen molar-refractivity contribution >= 4 is 0 Å². The van der Waals surface area contributed by atoms with Gasteiger partial charge in [0.05, 0.1) is 6.61 Å². The van der Waals surface area contributed by atoms with Gasteiger partial charge in [0.1, 0.15) is 5.75 Å². The zero-order valence-electron chi connectivity index (χ0n) is 10.7. The highest BCUT2D eigenvalue weighted by Gasteiger charge is 2.11. The lowest BCUT2D eigenvalue weighted by Crippen LogP contribution is -2.19. The van der Waals surface area contributed by atoms with Crippen LogP contribution in [0, 0.1) is 0 Å². The normalized spacial score (nSPS) is 15.6. The summed E-state index contributed by atoms with van der Waals surface area (Å²) in [6, 6.07) is 6.86. The minimum absolute atomic E-state index is 0.332. The fraction of sp³-hybridized carbons (Fsp3) is 0.600. The number of ether oxygens (including phenoxy) is 1. The maximum Gasteiger partial charge on any atom is 0.119 e. The van der Waals surface area contributed by atoms with Crippen molar-refractivity contribution in [1.82, 2.24) is 0 Å². The highest BCUT2D eigenvalue weighted by Crippen LogP contribution is 2.26. The van der Waals surface area contributed by atoms with Crippen molar-refractivity contribution in [3.05, 3.63) is 29.3 Å². The van der Waals surface area contributed by atoms with E-state index in [2.05, 4.69) is 25.1 Å². The van der Waals surface area contributed by atoms with Crippen LogP contribution in [0.3, 0.4) is 0 Å². The summed E-state index contributed by atoms with van der Waals surface area (Å²) in [5.41, 5.74) is 8.85. The summed E-state index contributed by atoms with van der Waals surface area (Å²) in [5.74, 6) is 1.02. The molecule has 1 aliphatic rings. The maximum absolute atomic E-state index is 5.87. The zero-order valence-corrected chi connectivity index (χ0v) is 10.7. The fourth-order valence-corrected chi connectivity index (χ4v) is 2.38. The maximum atomic E-state index is 5.87. The van der Waals surface area contributed by atoms with E-state index >= 15 is 0 Å². The molecule has 1 aromatic carbocycles. The molecule has 1 aromatic rings. The van der Waals surface area contributed by atoms with E-state index in [4.69, 9.17) is 10.5 Å². The lowest BCUT2D eigenvalue weighted by molar-refractivity contribution is 0.300. The van der Waals surface area contributed by atoms with E-state index in [1.807, 2.05) is 0 Å². The molecule has 0 aromatic heterocycles. The van der Waals surface area contributed by atoms with Crippen molar-refractivity contribution in [3.63, 3.8) is 0 Å². The van der Waals surface area contributed by atoms with Crippen LogP contribution in [0.15, 0.2) is 18.2 Å². The van der Waals surface area contributed by atoms with E-state index < -0.39 is 0 Å². The zero-order chi connectivity index (χ0) is 12.1. The van der Waals surface area contributed by atoms with Gasteiger partial charge in [-0.05, 0) is 61.8 Å². The van der Waals surface area contributed by atoms with Crippen LogP contribution in [0.2, 0.25) is 0 Å². The molecule has 1 unspecified atom stereocenters. The Balaban J connectivity index is 1.76. The molecule has 1 atom stereocenters. The molecule has 0 aliphatic heterocycles. The largest absolute Gasteiger partial charge is 0.494 e. The minimum Gasteiger partial charge on any atom is -0.494 e. The summed E-state index contributed by atoms with van der Waals surface area (Å²) in [6.07, 6.45) is 6.91. The van der Waals surface area contributed by atoms with Crippen molar-refractivity contribution < 1.29 is 4.74 Å². The van der Waals surface area contributed by atoms with Crippen LogP contribution in [0.25, 0.3) is 0 Å². The molecular weight excluding hydrogens is 210 g/mol. The number of rotatable bonds is 6. The molecule has 0 spiro atoms. The molecule has 0 saturated heterocycles. The Morgan fingerprint density at radius 1 is 1.29 bits per heavy atom. The van der Waals surface area contributed by atoms with Gasteiger partial charge in [0, 0.05) is 6.04 Å². The van der Waals surface area contributed by atoms with E-state index in [-0.39, 0.29) is 0 Å². The van der Waals surface area contributed by atoms with Gasteiger partial charge in [0.2, 0.25) is 0 Å². The Morgan fingerprint density at radius 3 is 2.94 bits per heavy atom. The van der Waals surface area contributed by atoms with Gasteiger partial charge in [-0.1, -0.05) is 13.0 Å². The molecule has 17 heavy (non-hydrogen) atoms. The lowest BCUT2D eigenvalue weighted by Gasteiger charge is -2.10. The first-order valence-corrected chi connectivity index (χ1v) is 6.79. The van der Waals surface area contributed by atoms with E-state index in [1.54, 1.807) is 0 Å². The minimum atomic E-state index is 0.332. The molecule has 0 radical (unpaired) electrons. The summed E-state index contributed by atoms with van der Waals surface area (Å²) in [7, 11) is 0. The van der Waals surface area contributed by atoms with E-state index in [9.17, 15) is 0 Å². The Hall–Kier alpha value is -1.02. The third-order valence-corrected chi connectivity index (χ3v) is 3.58. The molecule has 0 fully saturated rings. The summed E-state index contributed by atoms with van der Waals surface area (Å²) in [5, 5.41) is 0. The third kappa shape index (κ3) is 3.47. The van der Waals surface area contributed by atoms with Gasteiger partial charge in [-0.3, -0.25) is 0 Å². The van der Waals surface area contributed by atoms with Crippen molar-refractivity contribution in [3.8, 4) is 5.75 Å². The second-order valence-corrected chi connectivity index (χ2v) is 4.94. The number of aryl methyl sites for hydroxylation is 2. The second kappa shape index (κ2) is 6.06. The van der Waals surface area contributed by atoms with Gasteiger partial charge in [-0.25, -0.2) is 0 Å². The summed E-state index contributed by atoms with van der Waals surface area (Å²) in [6.45, 7) is 2.92. The fourth-order valence-electron chi connectivity index (χ4n) is 2.38. The lowest BCUT2D eigenvalue weighted by atomic mass is 10.1.